The lowest BCUT2D eigenvalue weighted by Gasteiger charge is -2.10. The number of benzene rings is 1. The van der Waals surface area contributed by atoms with E-state index in [1.807, 2.05) is 0 Å². The molecule has 0 unspecified atom stereocenters. The minimum absolute atomic E-state index is 0.0772. The van der Waals surface area contributed by atoms with E-state index in [0.29, 0.717) is 5.76 Å². The maximum Gasteiger partial charge on any atom is 0.416 e. The van der Waals surface area contributed by atoms with Gasteiger partial charge in [0.2, 0.25) is 0 Å². The van der Waals surface area contributed by atoms with Crippen LogP contribution in [0.5, 0.6) is 5.75 Å². The van der Waals surface area contributed by atoms with Crippen LogP contribution in [0.3, 0.4) is 0 Å². The van der Waals surface area contributed by atoms with Crippen LogP contribution in [-0.4, -0.2) is 26.9 Å². The number of oxazole rings is 1. The van der Waals surface area contributed by atoms with E-state index < -0.39 is 11.7 Å². The summed E-state index contributed by atoms with van der Waals surface area (Å²) < 4.78 is 50.2. The van der Waals surface area contributed by atoms with Crippen molar-refractivity contribution in [2.45, 2.75) is 6.18 Å². The largest absolute Gasteiger partial charge is 0.497 e. The first kappa shape index (κ1) is 15.8. The third-order valence-corrected chi connectivity index (χ3v) is 3.08. The first-order chi connectivity index (χ1) is 11.5. The van der Waals surface area contributed by atoms with Crippen LogP contribution in [0.2, 0.25) is 0 Å². The topological polar surface area (TPSA) is 66.0 Å². The summed E-state index contributed by atoms with van der Waals surface area (Å²) in [5, 5.41) is 4.11. The van der Waals surface area contributed by atoms with Crippen LogP contribution in [-0.2, 0) is 6.18 Å². The Morgan fingerprint density at radius 2 is 2.08 bits per heavy atom. The number of nitrogens with zero attached hydrogens (tertiary/aromatic N) is 4. The molecule has 0 N–H and O–H groups in total. The van der Waals surface area contributed by atoms with Gasteiger partial charge in [0.25, 0.3) is 0 Å². The van der Waals surface area contributed by atoms with Crippen molar-refractivity contribution >= 4 is 12.3 Å². The normalized spacial score (nSPS) is 12.0. The molecule has 0 spiro atoms. The Morgan fingerprint density at radius 1 is 1.25 bits per heavy atom. The van der Waals surface area contributed by atoms with Crippen LogP contribution in [0, 0.1) is 0 Å². The first-order valence-electron chi connectivity index (χ1n) is 6.70. The minimum atomic E-state index is -4.49. The molecule has 9 heteroatoms. The zero-order valence-electron chi connectivity index (χ0n) is 12.4. The SMILES string of the molecule is COc1cc(-c2ncn(/C=C\c3cnco3)n2)cc(C(F)(F)F)c1. The smallest absolute Gasteiger partial charge is 0.416 e. The van der Waals surface area contributed by atoms with Gasteiger partial charge in [-0.15, -0.1) is 5.10 Å². The molecular weight excluding hydrogens is 325 g/mol. The van der Waals surface area contributed by atoms with Crippen molar-refractivity contribution in [3.05, 3.63) is 48.4 Å². The third-order valence-electron chi connectivity index (χ3n) is 3.08. The van der Waals surface area contributed by atoms with E-state index in [-0.39, 0.29) is 17.1 Å². The third kappa shape index (κ3) is 3.45. The van der Waals surface area contributed by atoms with Crippen LogP contribution in [0.1, 0.15) is 11.3 Å². The second kappa shape index (κ2) is 6.19. The molecule has 0 bridgehead atoms. The predicted molar refractivity (Wildman–Crippen MR) is 78.7 cm³/mol. The van der Waals surface area contributed by atoms with E-state index in [2.05, 4.69) is 15.1 Å². The fraction of sp³-hybridized carbons (Fsp3) is 0.133. The summed E-state index contributed by atoms with van der Waals surface area (Å²) in [7, 11) is 1.30. The van der Waals surface area contributed by atoms with Gasteiger partial charge in [0.15, 0.2) is 12.2 Å². The molecule has 0 aliphatic rings. The van der Waals surface area contributed by atoms with Gasteiger partial charge in [-0.25, -0.2) is 14.6 Å². The molecule has 0 atom stereocenters. The van der Waals surface area contributed by atoms with Crippen LogP contribution in [0.25, 0.3) is 23.7 Å². The van der Waals surface area contributed by atoms with Crippen LogP contribution in [0.15, 0.2) is 41.5 Å². The summed E-state index contributed by atoms with van der Waals surface area (Å²) in [5.41, 5.74) is -0.626. The molecule has 2 heterocycles. The van der Waals surface area contributed by atoms with Crippen molar-refractivity contribution in [1.29, 1.82) is 0 Å². The molecule has 0 aliphatic carbocycles. The van der Waals surface area contributed by atoms with Gasteiger partial charge in [-0.2, -0.15) is 13.2 Å². The predicted octanol–water partition coefficient (Wildman–Crippen LogP) is 3.59. The van der Waals surface area contributed by atoms with Crippen molar-refractivity contribution in [2.24, 2.45) is 0 Å². The Balaban J connectivity index is 1.92. The van der Waals surface area contributed by atoms with E-state index in [1.165, 1.54) is 36.8 Å². The number of hydrogen-bond acceptors (Lipinski definition) is 5. The Kier molecular flexibility index (Phi) is 4.07. The number of alkyl halides is 3. The second-order valence-corrected chi connectivity index (χ2v) is 4.72. The van der Waals surface area contributed by atoms with Gasteiger partial charge < -0.3 is 9.15 Å². The van der Waals surface area contributed by atoms with Crippen LogP contribution < -0.4 is 4.74 Å². The highest BCUT2D eigenvalue weighted by molar-refractivity contribution is 5.60. The number of aromatic nitrogens is 4. The van der Waals surface area contributed by atoms with E-state index in [0.717, 1.165) is 12.1 Å². The van der Waals surface area contributed by atoms with Crippen molar-refractivity contribution in [1.82, 2.24) is 19.7 Å². The lowest BCUT2D eigenvalue weighted by atomic mass is 10.1. The molecule has 1 aromatic carbocycles. The molecule has 0 saturated carbocycles. The highest BCUT2D eigenvalue weighted by atomic mass is 19.4. The molecule has 0 saturated heterocycles. The molecule has 3 aromatic rings. The zero-order valence-corrected chi connectivity index (χ0v) is 12.4. The average molecular weight is 336 g/mol. The Labute approximate surface area is 134 Å². The summed E-state index contributed by atoms with van der Waals surface area (Å²) in [4.78, 5) is 7.77. The molecule has 0 fully saturated rings. The maximum atomic E-state index is 13.0. The Bertz CT molecular complexity index is 854. The molecule has 6 nitrogen and oxygen atoms in total. The fourth-order valence-electron chi connectivity index (χ4n) is 1.95. The number of ether oxygens (including phenoxy) is 1. The zero-order chi connectivity index (χ0) is 17.2. The first-order valence-corrected chi connectivity index (χ1v) is 6.70. The highest BCUT2D eigenvalue weighted by Crippen LogP contribution is 2.34. The summed E-state index contributed by atoms with van der Waals surface area (Å²) in [6.45, 7) is 0. The van der Waals surface area contributed by atoms with E-state index in [4.69, 9.17) is 9.15 Å². The highest BCUT2D eigenvalue weighted by Gasteiger charge is 2.31. The van der Waals surface area contributed by atoms with Crippen molar-refractivity contribution in [3.8, 4) is 17.1 Å². The number of hydrogen-bond donors (Lipinski definition) is 0. The van der Waals surface area contributed by atoms with E-state index in [9.17, 15) is 13.2 Å². The molecule has 3 rings (SSSR count). The van der Waals surface area contributed by atoms with E-state index >= 15 is 0 Å². The van der Waals surface area contributed by atoms with Gasteiger partial charge in [-0.05, 0) is 18.2 Å². The molecule has 0 radical (unpaired) electrons. The fourth-order valence-corrected chi connectivity index (χ4v) is 1.95. The van der Waals surface area contributed by atoms with Crippen molar-refractivity contribution in [2.75, 3.05) is 7.11 Å². The van der Waals surface area contributed by atoms with Crippen LogP contribution in [0.4, 0.5) is 13.2 Å². The Hall–Kier alpha value is -3.10. The Morgan fingerprint density at radius 3 is 2.75 bits per heavy atom. The van der Waals surface area contributed by atoms with Crippen molar-refractivity contribution < 1.29 is 22.3 Å². The van der Waals surface area contributed by atoms with Crippen LogP contribution >= 0.6 is 0 Å². The van der Waals surface area contributed by atoms with Gasteiger partial charge >= 0.3 is 6.18 Å². The summed E-state index contributed by atoms with van der Waals surface area (Å²) in [5.74, 6) is 0.725. The van der Waals surface area contributed by atoms with Gasteiger partial charge in [0.1, 0.15) is 17.8 Å². The minimum Gasteiger partial charge on any atom is -0.497 e. The molecule has 2 aromatic heterocycles. The number of rotatable bonds is 4. The molecule has 0 aliphatic heterocycles. The second-order valence-electron chi connectivity index (χ2n) is 4.72. The van der Waals surface area contributed by atoms with Gasteiger partial charge in [0.05, 0.1) is 18.9 Å². The molecule has 0 amide bonds. The lowest BCUT2D eigenvalue weighted by Crippen LogP contribution is -2.05. The quantitative estimate of drug-likeness (QED) is 0.728. The van der Waals surface area contributed by atoms with E-state index in [1.54, 1.807) is 12.3 Å². The number of methoxy groups -OCH3 is 1. The standard InChI is InChI=1S/C15H11F3N4O2/c1-23-13-5-10(4-11(6-13)15(16,17)18)14-20-8-22(21-14)3-2-12-7-19-9-24-12/h2-9H,1H3/b3-2-. The average Bonchev–Trinajstić information content (AvgIpc) is 3.23. The van der Waals surface area contributed by atoms with Gasteiger partial charge in [-0.3, -0.25) is 0 Å². The molecule has 24 heavy (non-hydrogen) atoms. The lowest BCUT2D eigenvalue weighted by molar-refractivity contribution is -0.137. The van der Waals surface area contributed by atoms with Gasteiger partial charge in [0, 0.05) is 17.8 Å². The van der Waals surface area contributed by atoms with Crippen molar-refractivity contribution in [3.63, 3.8) is 0 Å². The summed E-state index contributed by atoms with van der Waals surface area (Å²) in [6, 6.07) is 3.34. The summed E-state index contributed by atoms with van der Waals surface area (Å²) in [6.07, 6.45) is 2.81. The summed E-state index contributed by atoms with van der Waals surface area (Å²) >= 11 is 0. The monoisotopic (exact) mass is 336 g/mol. The molecular formula is C15H11F3N4O2. The number of halogens is 3. The van der Waals surface area contributed by atoms with Gasteiger partial charge in [-0.1, -0.05) is 0 Å². The maximum absolute atomic E-state index is 13.0. The molecule has 124 valence electrons.